The fraction of sp³-hybridized carbons (Fsp3) is 0.0714. The van der Waals surface area contributed by atoms with Gasteiger partial charge in [0.25, 0.3) is 5.91 Å². The Hall–Kier alpha value is -2.50. The van der Waals surface area contributed by atoms with Crippen LogP contribution in [0.5, 0.6) is 0 Å². The van der Waals surface area contributed by atoms with Crippen LogP contribution in [0, 0.1) is 24.4 Å². The maximum Gasteiger partial charge on any atom is 0.261 e. The summed E-state index contributed by atoms with van der Waals surface area (Å²) in [5, 5.41) is 2.31. The molecule has 0 atom stereocenters. The topological polar surface area (TPSA) is 55.1 Å². The number of aryl methyl sites for hydroxylation is 1. The quantitative estimate of drug-likeness (QED) is 0.830. The van der Waals surface area contributed by atoms with Gasteiger partial charge in [0, 0.05) is 23.5 Å². The lowest BCUT2D eigenvalue weighted by atomic mass is 10.1. The predicted molar refractivity (Wildman–Crippen MR) is 69.9 cm³/mol. The third-order valence-electron chi connectivity index (χ3n) is 2.77. The number of anilines is 2. The Morgan fingerprint density at radius 3 is 2.25 bits per heavy atom. The van der Waals surface area contributed by atoms with Crippen LogP contribution < -0.4 is 11.1 Å². The van der Waals surface area contributed by atoms with Gasteiger partial charge in [0.05, 0.1) is 0 Å². The molecule has 0 aliphatic heterocycles. The summed E-state index contributed by atoms with van der Waals surface area (Å²) in [5.74, 6) is -4.63. The first kappa shape index (κ1) is 13.9. The molecule has 0 saturated carbocycles. The SMILES string of the molecule is Cc1ccc(NC(=O)c2c(F)cc(F)cc2F)cc1N. The normalized spacial score (nSPS) is 10.4. The van der Waals surface area contributed by atoms with Crippen LogP contribution >= 0.6 is 0 Å². The molecule has 0 aliphatic rings. The minimum atomic E-state index is -1.26. The van der Waals surface area contributed by atoms with Gasteiger partial charge in [0.2, 0.25) is 0 Å². The van der Waals surface area contributed by atoms with Crippen LogP contribution in [0.4, 0.5) is 24.5 Å². The van der Waals surface area contributed by atoms with Gasteiger partial charge < -0.3 is 11.1 Å². The number of halogens is 3. The van der Waals surface area contributed by atoms with Gasteiger partial charge in [0.15, 0.2) is 0 Å². The fourth-order valence-electron chi connectivity index (χ4n) is 1.67. The highest BCUT2D eigenvalue weighted by Crippen LogP contribution is 2.20. The van der Waals surface area contributed by atoms with Crippen molar-refractivity contribution >= 4 is 17.3 Å². The summed E-state index contributed by atoms with van der Waals surface area (Å²) in [6, 6.07) is 5.56. The van der Waals surface area contributed by atoms with Gasteiger partial charge in [0.1, 0.15) is 23.0 Å². The minimum Gasteiger partial charge on any atom is -0.398 e. The highest BCUT2D eigenvalue weighted by molar-refractivity contribution is 6.04. The van der Waals surface area contributed by atoms with E-state index in [-0.39, 0.29) is 0 Å². The van der Waals surface area contributed by atoms with Crippen molar-refractivity contribution in [2.24, 2.45) is 0 Å². The molecule has 3 nitrogen and oxygen atoms in total. The van der Waals surface area contributed by atoms with Gasteiger partial charge in [-0.05, 0) is 24.6 Å². The van der Waals surface area contributed by atoms with Crippen molar-refractivity contribution in [2.45, 2.75) is 6.92 Å². The van der Waals surface area contributed by atoms with Crippen molar-refractivity contribution in [1.29, 1.82) is 0 Å². The molecule has 6 heteroatoms. The zero-order valence-corrected chi connectivity index (χ0v) is 10.5. The van der Waals surface area contributed by atoms with Gasteiger partial charge in [-0.1, -0.05) is 6.07 Å². The summed E-state index contributed by atoms with van der Waals surface area (Å²) in [4.78, 5) is 11.8. The number of carbonyl (C=O) groups excluding carboxylic acids is 1. The van der Waals surface area contributed by atoms with Gasteiger partial charge in [-0.2, -0.15) is 0 Å². The first-order chi connectivity index (χ1) is 9.38. The molecular weight excluding hydrogens is 269 g/mol. The lowest BCUT2D eigenvalue weighted by molar-refractivity contribution is 0.101. The lowest BCUT2D eigenvalue weighted by Crippen LogP contribution is -2.16. The summed E-state index contributed by atoms with van der Waals surface area (Å²) in [6.45, 7) is 1.78. The largest absolute Gasteiger partial charge is 0.398 e. The highest BCUT2D eigenvalue weighted by atomic mass is 19.1. The summed E-state index contributed by atoms with van der Waals surface area (Å²) in [5.41, 5.74) is 6.36. The first-order valence-electron chi connectivity index (χ1n) is 5.70. The van der Waals surface area contributed by atoms with E-state index in [2.05, 4.69) is 5.32 Å². The summed E-state index contributed by atoms with van der Waals surface area (Å²) < 4.78 is 39.7. The standard InChI is InChI=1S/C14H11F3N2O/c1-7-2-3-9(6-12(7)18)19-14(20)13-10(16)4-8(15)5-11(13)17/h2-6H,18H2,1H3,(H,19,20). The smallest absolute Gasteiger partial charge is 0.261 e. The second kappa shape index (κ2) is 5.24. The van der Waals surface area contributed by atoms with Crippen LogP contribution in [-0.4, -0.2) is 5.91 Å². The van der Waals surface area contributed by atoms with Crippen LogP contribution in [0.25, 0.3) is 0 Å². The number of nitrogens with two attached hydrogens (primary N) is 1. The van der Waals surface area contributed by atoms with Crippen molar-refractivity contribution in [2.75, 3.05) is 11.1 Å². The van der Waals surface area contributed by atoms with Gasteiger partial charge in [-0.15, -0.1) is 0 Å². The average Bonchev–Trinajstić information content (AvgIpc) is 2.32. The predicted octanol–water partition coefficient (Wildman–Crippen LogP) is 3.25. The molecule has 0 unspecified atom stereocenters. The molecule has 104 valence electrons. The Morgan fingerprint density at radius 2 is 1.70 bits per heavy atom. The second-order valence-corrected chi connectivity index (χ2v) is 4.27. The number of rotatable bonds is 2. The van der Waals surface area contributed by atoms with E-state index in [0.717, 1.165) is 5.56 Å². The Morgan fingerprint density at radius 1 is 1.10 bits per heavy atom. The highest BCUT2D eigenvalue weighted by Gasteiger charge is 2.19. The molecular formula is C14H11F3N2O. The molecule has 2 aromatic carbocycles. The van der Waals surface area contributed by atoms with Crippen molar-refractivity contribution in [3.8, 4) is 0 Å². The molecule has 0 saturated heterocycles. The van der Waals surface area contributed by atoms with Crippen LogP contribution in [0.15, 0.2) is 30.3 Å². The Bertz CT molecular complexity index is 663. The lowest BCUT2D eigenvalue weighted by Gasteiger charge is -2.09. The number of nitrogens with one attached hydrogen (secondary N) is 1. The fourth-order valence-corrected chi connectivity index (χ4v) is 1.67. The van der Waals surface area contributed by atoms with E-state index in [0.29, 0.717) is 23.5 Å². The maximum absolute atomic E-state index is 13.4. The molecule has 0 bridgehead atoms. The summed E-state index contributed by atoms with van der Waals surface area (Å²) in [7, 11) is 0. The van der Waals surface area contributed by atoms with Gasteiger partial charge in [-0.25, -0.2) is 13.2 Å². The number of carbonyl (C=O) groups is 1. The maximum atomic E-state index is 13.4. The molecule has 2 rings (SSSR count). The number of hydrogen-bond donors (Lipinski definition) is 2. The summed E-state index contributed by atoms with van der Waals surface area (Å²) >= 11 is 0. The third kappa shape index (κ3) is 2.74. The van der Waals surface area contributed by atoms with E-state index in [1.54, 1.807) is 19.1 Å². The van der Waals surface area contributed by atoms with E-state index in [9.17, 15) is 18.0 Å². The first-order valence-corrected chi connectivity index (χ1v) is 5.70. The third-order valence-corrected chi connectivity index (χ3v) is 2.77. The Balaban J connectivity index is 2.31. The zero-order chi connectivity index (χ0) is 14.9. The van der Waals surface area contributed by atoms with E-state index < -0.39 is 28.9 Å². The van der Waals surface area contributed by atoms with Crippen molar-refractivity contribution < 1.29 is 18.0 Å². The van der Waals surface area contributed by atoms with E-state index in [1.807, 2.05) is 0 Å². The molecule has 1 amide bonds. The average molecular weight is 280 g/mol. The van der Waals surface area contributed by atoms with Gasteiger partial charge >= 0.3 is 0 Å². The molecule has 0 heterocycles. The Labute approximate surface area is 113 Å². The molecule has 20 heavy (non-hydrogen) atoms. The monoisotopic (exact) mass is 280 g/mol. The van der Waals surface area contributed by atoms with Gasteiger partial charge in [-0.3, -0.25) is 4.79 Å². The number of benzene rings is 2. The number of nitrogen functional groups attached to an aromatic ring is 1. The zero-order valence-electron chi connectivity index (χ0n) is 10.5. The molecule has 0 aromatic heterocycles. The molecule has 0 radical (unpaired) electrons. The molecule has 0 fully saturated rings. The summed E-state index contributed by atoms with van der Waals surface area (Å²) in [6.07, 6.45) is 0. The van der Waals surface area contributed by atoms with E-state index in [4.69, 9.17) is 5.73 Å². The van der Waals surface area contributed by atoms with Crippen molar-refractivity contribution in [3.05, 3.63) is 58.9 Å². The molecule has 3 N–H and O–H groups in total. The second-order valence-electron chi connectivity index (χ2n) is 4.27. The number of amides is 1. The molecule has 0 spiro atoms. The number of hydrogen-bond acceptors (Lipinski definition) is 2. The van der Waals surface area contributed by atoms with Crippen LogP contribution in [0.3, 0.4) is 0 Å². The molecule has 0 aliphatic carbocycles. The van der Waals surface area contributed by atoms with Crippen LogP contribution in [-0.2, 0) is 0 Å². The molecule has 2 aromatic rings. The van der Waals surface area contributed by atoms with E-state index >= 15 is 0 Å². The minimum absolute atomic E-state index is 0.293. The van der Waals surface area contributed by atoms with Crippen LogP contribution in [0.2, 0.25) is 0 Å². The Kier molecular flexibility index (Phi) is 3.65. The van der Waals surface area contributed by atoms with Crippen molar-refractivity contribution in [1.82, 2.24) is 0 Å². The van der Waals surface area contributed by atoms with Crippen molar-refractivity contribution in [3.63, 3.8) is 0 Å². The van der Waals surface area contributed by atoms with E-state index in [1.165, 1.54) is 6.07 Å². The van der Waals surface area contributed by atoms with Crippen LogP contribution in [0.1, 0.15) is 15.9 Å².